The Morgan fingerprint density at radius 2 is 2.38 bits per heavy atom. The molecule has 3 nitrogen and oxygen atoms in total. The highest BCUT2D eigenvalue weighted by Crippen LogP contribution is 2.30. The lowest BCUT2D eigenvalue weighted by molar-refractivity contribution is -0.129. The van der Waals surface area contributed by atoms with E-state index in [1.165, 1.54) is 0 Å². The van der Waals surface area contributed by atoms with E-state index in [2.05, 4.69) is 34.7 Å². The van der Waals surface area contributed by atoms with Gasteiger partial charge in [0.05, 0.1) is 6.10 Å². The van der Waals surface area contributed by atoms with E-state index in [4.69, 9.17) is 4.74 Å². The topological polar surface area (TPSA) is 38.3 Å². The summed E-state index contributed by atoms with van der Waals surface area (Å²) in [6.45, 7) is 6.39. The second kappa shape index (κ2) is 7.07. The third kappa shape index (κ3) is 4.66. The van der Waals surface area contributed by atoms with Crippen LogP contribution in [0.2, 0.25) is 0 Å². The first-order valence-electron chi connectivity index (χ1n) is 5.76. The molecule has 4 heteroatoms. The zero-order chi connectivity index (χ0) is 12.0. The average molecular weight is 290 g/mol. The van der Waals surface area contributed by atoms with Crippen LogP contribution in [-0.4, -0.2) is 30.0 Å². The summed E-state index contributed by atoms with van der Waals surface area (Å²) in [6.07, 6.45) is 5.17. The van der Waals surface area contributed by atoms with Crippen molar-refractivity contribution < 1.29 is 9.53 Å². The highest BCUT2D eigenvalue weighted by Gasteiger charge is 2.27. The number of carbonyl (C=O) groups excluding carboxylic acids is 1. The fraction of sp³-hybridized carbons (Fsp3) is 0.750. The Bertz CT molecular complexity index is 245. The van der Waals surface area contributed by atoms with Gasteiger partial charge in [0.25, 0.3) is 0 Å². The van der Waals surface area contributed by atoms with Crippen LogP contribution in [0.3, 0.4) is 0 Å². The predicted molar refractivity (Wildman–Crippen MR) is 68.7 cm³/mol. The Balaban J connectivity index is 2.21. The number of ether oxygens (including phenoxy) is 1. The summed E-state index contributed by atoms with van der Waals surface area (Å²) in [4.78, 5) is 11.9. The van der Waals surface area contributed by atoms with E-state index in [1.807, 2.05) is 0 Å². The van der Waals surface area contributed by atoms with Crippen molar-refractivity contribution in [3.63, 3.8) is 0 Å². The number of hydrogen-bond acceptors (Lipinski definition) is 2. The molecule has 1 saturated carbocycles. The van der Waals surface area contributed by atoms with E-state index in [1.54, 1.807) is 6.08 Å². The summed E-state index contributed by atoms with van der Waals surface area (Å²) in [6, 6.07) is 0. The molecule has 0 radical (unpaired) electrons. The van der Waals surface area contributed by atoms with Crippen LogP contribution in [0.4, 0.5) is 0 Å². The van der Waals surface area contributed by atoms with Gasteiger partial charge in [-0.05, 0) is 25.2 Å². The summed E-state index contributed by atoms with van der Waals surface area (Å²) in [5.74, 6) is 0.457. The molecule has 0 aliphatic heterocycles. The zero-order valence-electron chi connectivity index (χ0n) is 9.75. The lowest BCUT2D eigenvalue weighted by atomic mass is 9.88. The molecule has 1 aliphatic carbocycles. The minimum absolute atomic E-state index is 0.0620. The fourth-order valence-electron chi connectivity index (χ4n) is 1.97. The van der Waals surface area contributed by atoms with Gasteiger partial charge < -0.3 is 10.1 Å². The summed E-state index contributed by atoms with van der Waals surface area (Å²) in [7, 11) is 0. The van der Waals surface area contributed by atoms with Crippen LogP contribution in [-0.2, 0) is 9.53 Å². The second-order valence-electron chi connectivity index (χ2n) is 4.33. The third-order valence-corrected chi connectivity index (χ3v) is 3.73. The molecule has 0 aromatic heterocycles. The molecule has 1 amide bonds. The summed E-state index contributed by atoms with van der Waals surface area (Å²) < 4.78 is 5.64. The average Bonchev–Trinajstić information content (AvgIpc) is 2.25. The number of alkyl halides is 1. The first-order valence-corrected chi connectivity index (χ1v) is 6.68. The first-order chi connectivity index (χ1) is 7.63. The first kappa shape index (κ1) is 13.7. The van der Waals surface area contributed by atoms with Crippen molar-refractivity contribution in [2.24, 2.45) is 5.92 Å². The van der Waals surface area contributed by atoms with Crippen molar-refractivity contribution in [2.75, 3.05) is 13.2 Å². The van der Waals surface area contributed by atoms with Gasteiger partial charge in [0.2, 0.25) is 5.91 Å². The Kier molecular flexibility index (Phi) is 6.06. The van der Waals surface area contributed by atoms with Gasteiger partial charge >= 0.3 is 0 Å². The minimum Gasteiger partial charge on any atom is -0.368 e. The van der Waals surface area contributed by atoms with Crippen molar-refractivity contribution in [1.29, 1.82) is 0 Å². The van der Waals surface area contributed by atoms with Crippen LogP contribution in [0, 0.1) is 5.92 Å². The van der Waals surface area contributed by atoms with Crippen LogP contribution in [0.25, 0.3) is 0 Å². The quantitative estimate of drug-likeness (QED) is 0.623. The van der Waals surface area contributed by atoms with Crippen LogP contribution < -0.4 is 5.32 Å². The van der Waals surface area contributed by atoms with Crippen LogP contribution in [0.1, 0.15) is 26.2 Å². The van der Waals surface area contributed by atoms with E-state index in [9.17, 15) is 4.79 Å². The molecule has 0 bridgehead atoms. The molecule has 3 unspecified atom stereocenters. The smallest absolute Gasteiger partial charge is 0.246 e. The Hall–Kier alpha value is -0.350. The molecule has 0 saturated heterocycles. The van der Waals surface area contributed by atoms with Crippen LogP contribution >= 0.6 is 15.9 Å². The normalized spacial score (nSPS) is 29.8. The Morgan fingerprint density at radius 3 is 3.00 bits per heavy atom. The van der Waals surface area contributed by atoms with E-state index >= 15 is 0 Å². The number of carbonyl (C=O) groups is 1. The molecule has 0 heterocycles. The van der Waals surface area contributed by atoms with Gasteiger partial charge in [-0.1, -0.05) is 28.9 Å². The largest absolute Gasteiger partial charge is 0.368 e. The maximum Gasteiger partial charge on any atom is 0.246 e. The van der Waals surface area contributed by atoms with Crippen molar-refractivity contribution in [3.05, 3.63) is 12.7 Å². The molecular formula is C12H20BrNO2. The second-order valence-corrected chi connectivity index (χ2v) is 5.62. The maximum absolute atomic E-state index is 11.3. The van der Waals surface area contributed by atoms with Crippen molar-refractivity contribution >= 4 is 21.8 Å². The molecule has 16 heavy (non-hydrogen) atoms. The van der Waals surface area contributed by atoms with Crippen molar-refractivity contribution in [1.82, 2.24) is 5.32 Å². The summed E-state index contributed by atoms with van der Waals surface area (Å²) >= 11 is 3.62. The summed E-state index contributed by atoms with van der Waals surface area (Å²) in [5.41, 5.74) is 0. The molecule has 3 atom stereocenters. The molecule has 1 N–H and O–H groups in total. The highest BCUT2D eigenvalue weighted by molar-refractivity contribution is 9.09. The molecular weight excluding hydrogens is 270 g/mol. The standard InChI is InChI=1S/C12H20BrNO2/c1-3-6-14-12(15)8-16-11-5-4-10(13)7-9(11)2/h3,9-11H,1,4-8H2,2H3,(H,14,15). The lowest BCUT2D eigenvalue weighted by Crippen LogP contribution is -2.35. The number of hydrogen-bond donors (Lipinski definition) is 1. The van der Waals surface area contributed by atoms with Gasteiger partial charge in [-0.2, -0.15) is 0 Å². The molecule has 1 aliphatic rings. The SMILES string of the molecule is C=CCNC(=O)COC1CCC(Br)CC1C. The molecule has 1 fully saturated rings. The Labute approximate surface area is 106 Å². The van der Waals surface area contributed by atoms with Crippen molar-refractivity contribution in [2.45, 2.75) is 37.1 Å². The van der Waals surface area contributed by atoms with E-state index in [0.29, 0.717) is 17.3 Å². The third-order valence-electron chi connectivity index (χ3n) is 2.90. The minimum atomic E-state index is -0.0620. The predicted octanol–water partition coefficient (Wildman–Crippen LogP) is 2.26. The molecule has 92 valence electrons. The van der Waals surface area contributed by atoms with Gasteiger partial charge in [0.1, 0.15) is 6.61 Å². The van der Waals surface area contributed by atoms with Gasteiger partial charge in [-0.25, -0.2) is 0 Å². The number of halogens is 1. The van der Waals surface area contributed by atoms with Gasteiger partial charge in [0, 0.05) is 11.4 Å². The molecule has 0 spiro atoms. The van der Waals surface area contributed by atoms with Gasteiger partial charge in [0.15, 0.2) is 0 Å². The highest BCUT2D eigenvalue weighted by atomic mass is 79.9. The molecule has 0 aromatic rings. The molecule has 1 rings (SSSR count). The number of amides is 1. The van der Waals surface area contributed by atoms with Crippen LogP contribution in [0.5, 0.6) is 0 Å². The lowest BCUT2D eigenvalue weighted by Gasteiger charge is -2.31. The number of nitrogens with one attached hydrogen (secondary N) is 1. The van der Waals surface area contributed by atoms with Crippen molar-refractivity contribution in [3.8, 4) is 0 Å². The van der Waals surface area contributed by atoms with Crippen LogP contribution in [0.15, 0.2) is 12.7 Å². The molecule has 0 aromatic carbocycles. The Morgan fingerprint density at radius 1 is 1.62 bits per heavy atom. The van der Waals surface area contributed by atoms with E-state index < -0.39 is 0 Å². The fourth-order valence-corrected chi connectivity index (χ4v) is 2.82. The summed E-state index contributed by atoms with van der Waals surface area (Å²) in [5, 5.41) is 2.70. The van der Waals surface area contributed by atoms with E-state index in [-0.39, 0.29) is 18.6 Å². The van der Waals surface area contributed by atoms with E-state index in [0.717, 1.165) is 19.3 Å². The monoisotopic (exact) mass is 289 g/mol. The van der Waals surface area contributed by atoms with Gasteiger partial charge in [-0.15, -0.1) is 6.58 Å². The number of rotatable bonds is 5. The zero-order valence-corrected chi connectivity index (χ0v) is 11.3. The van der Waals surface area contributed by atoms with Gasteiger partial charge in [-0.3, -0.25) is 4.79 Å². The maximum atomic E-state index is 11.3.